The maximum absolute atomic E-state index is 12.9. The number of H-pyrrole nitrogens is 1. The minimum atomic E-state index is -4.59. The van der Waals surface area contributed by atoms with Crippen LogP contribution >= 0.6 is 0 Å². The largest absolute Gasteiger partial charge is 0.433 e. The van der Waals surface area contributed by atoms with Crippen molar-refractivity contribution in [3.05, 3.63) is 47.5 Å². The van der Waals surface area contributed by atoms with Crippen LogP contribution in [0.1, 0.15) is 29.3 Å². The fraction of sp³-hybridized carbons (Fsp3) is 0.250. The van der Waals surface area contributed by atoms with Gasteiger partial charge in [0.25, 0.3) is 0 Å². The van der Waals surface area contributed by atoms with Crippen molar-refractivity contribution in [3.8, 4) is 0 Å². The van der Waals surface area contributed by atoms with Gasteiger partial charge in [-0.15, -0.1) is 0 Å². The number of aromatic nitrogens is 3. The van der Waals surface area contributed by atoms with Gasteiger partial charge in [-0.3, -0.25) is 14.9 Å². The van der Waals surface area contributed by atoms with Gasteiger partial charge in [-0.1, -0.05) is 6.07 Å². The van der Waals surface area contributed by atoms with Crippen LogP contribution < -0.4 is 5.73 Å². The van der Waals surface area contributed by atoms with Gasteiger partial charge in [0.05, 0.1) is 6.20 Å². The van der Waals surface area contributed by atoms with E-state index >= 15 is 0 Å². The number of pyridine rings is 1. The van der Waals surface area contributed by atoms with Crippen LogP contribution in [0.25, 0.3) is 0 Å². The zero-order chi connectivity index (χ0) is 14.8. The van der Waals surface area contributed by atoms with Crippen molar-refractivity contribution in [1.29, 1.82) is 0 Å². The average Bonchev–Trinajstić information content (AvgIpc) is 2.85. The molecule has 2 aromatic rings. The number of nitrogens with one attached hydrogen (secondary N) is 1. The van der Waals surface area contributed by atoms with Gasteiger partial charge in [-0.05, 0) is 12.1 Å². The summed E-state index contributed by atoms with van der Waals surface area (Å²) >= 11 is 0. The van der Waals surface area contributed by atoms with Gasteiger partial charge >= 0.3 is 6.18 Å². The van der Waals surface area contributed by atoms with Gasteiger partial charge in [0, 0.05) is 29.8 Å². The molecule has 106 valence electrons. The third kappa shape index (κ3) is 2.95. The number of amides is 1. The number of carbonyl (C=O) groups excluding carboxylic acids is 1. The number of halogens is 3. The molecule has 1 amide bonds. The minimum absolute atomic E-state index is 0.144. The first-order valence-electron chi connectivity index (χ1n) is 5.69. The monoisotopic (exact) mass is 284 g/mol. The van der Waals surface area contributed by atoms with Gasteiger partial charge in [0.2, 0.25) is 5.91 Å². The Balaban J connectivity index is 2.48. The van der Waals surface area contributed by atoms with E-state index in [-0.39, 0.29) is 12.0 Å². The van der Waals surface area contributed by atoms with E-state index in [1.807, 2.05) is 5.10 Å². The van der Waals surface area contributed by atoms with E-state index in [0.717, 1.165) is 6.20 Å². The molecule has 5 nitrogen and oxygen atoms in total. The molecule has 0 aromatic carbocycles. The first kappa shape index (κ1) is 14.0. The molecule has 8 heteroatoms. The van der Waals surface area contributed by atoms with Crippen molar-refractivity contribution in [2.24, 2.45) is 5.73 Å². The number of nitrogens with zero attached hydrogens (tertiary/aromatic N) is 2. The number of rotatable bonds is 4. The second-order valence-corrected chi connectivity index (χ2v) is 4.18. The lowest BCUT2D eigenvalue weighted by molar-refractivity contribution is -0.142. The van der Waals surface area contributed by atoms with Gasteiger partial charge < -0.3 is 5.73 Å². The second-order valence-electron chi connectivity index (χ2n) is 4.18. The Morgan fingerprint density at radius 3 is 2.70 bits per heavy atom. The molecule has 20 heavy (non-hydrogen) atoms. The molecule has 0 aliphatic heterocycles. The molecule has 0 saturated heterocycles. The zero-order valence-electron chi connectivity index (χ0n) is 10.2. The van der Waals surface area contributed by atoms with E-state index in [1.54, 1.807) is 18.2 Å². The first-order chi connectivity index (χ1) is 9.39. The number of primary amides is 1. The molecule has 0 aliphatic rings. The fourth-order valence-electron chi connectivity index (χ4n) is 1.94. The lowest BCUT2D eigenvalue weighted by Crippen LogP contribution is -2.19. The van der Waals surface area contributed by atoms with Crippen LogP contribution in [0.5, 0.6) is 0 Å². The maximum atomic E-state index is 12.9. The number of nitrogens with two attached hydrogens (primary N) is 1. The molecular weight excluding hydrogens is 273 g/mol. The predicted molar refractivity (Wildman–Crippen MR) is 63.5 cm³/mol. The zero-order valence-corrected chi connectivity index (χ0v) is 10.2. The second kappa shape index (κ2) is 5.32. The number of alkyl halides is 3. The van der Waals surface area contributed by atoms with Gasteiger partial charge in [0.15, 0.2) is 0 Å². The highest BCUT2D eigenvalue weighted by molar-refractivity contribution is 5.75. The van der Waals surface area contributed by atoms with Crippen LogP contribution in [0.4, 0.5) is 13.2 Å². The maximum Gasteiger partial charge on any atom is 0.433 e. The number of hydrogen-bond donors (Lipinski definition) is 2. The number of hydrogen-bond acceptors (Lipinski definition) is 3. The molecule has 0 aliphatic carbocycles. The summed E-state index contributed by atoms with van der Waals surface area (Å²) in [6.07, 6.45) is -2.38. The van der Waals surface area contributed by atoms with Crippen molar-refractivity contribution in [2.45, 2.75) is 18.5 Å². The Morgan fingerprint density at radius 1 is 1.40 bits per heavy atom. The van der Waals surface area contributed by atoms with E-state index in [1.165, 1.54) is 6.20 Å². The highest BCUT2D eigenvalue weighted by Gasteiger charge is 2.38. The third-order valence-corrected chi connectivity index (χ3v) is 2.78. The standard InChI is InChI=1S/C12H11F3N4O/c13-12(14,15)11-8(6-18-19-11)7(5-10(16)20)9-3-1-2-4-17-9/h1-4,6-7H,5H2,(H2,16,20)(H,18,19). The molecule has 0 radical (unpaired) electrons. The molecule has 2 rings (SSSR count). The Morgan fingerprint density at radius 2 is 2.15 bits per heavy atom. The summed E-state index contributed by atoms with van der Waals surface area (Å²) in [7, 11) is 0. The van der Waals surface area contributed by atoms with Crippen LogP contribution in [-0.2, 0) is 11.0 Å². The minimum Gasteiger partial charge on any atom is -0.370 e. The summed E-state index contributed by atoms with van der Waals surface area (Å²) < 4.78 is 38.7. The highest BCUT2D eigenvalue weighted by atomic mass is 19.4. The normalized spacial score (nSPS) is 13.2. The summed E-state index contributed by atoms with van der Waals surface area (Å²) in [5.74, 6) is -1.60. The van der Waals surface area contributed by atoms with E-state index in [4.69, 9.17) is 5.73 Å². The fourth-order valence-corrected chi connectivity index (χ4v) is 1.94. The number of aromatic amines is 1. The topological polar surface area (TPSA) is 84.7 Å². The van der Waals surface area contributed by atoms with E-state index in [9.17, 15) is 18.0 Å². The lowest BCUT2D eigenvalue weighted by atomic mass is 9.92. The van der Waals surface area contributed by atoms with Crippen LogP contribution in [-0.4, -0.2) is 21.1 Å². The van der Waals surface area contributed by atoms with Gasteiger partial charge in [-0.2, -0.15) is 18.3 Å². The van der Waals surface area contributed by atoms with Crippen molar-refractivity contribution >= 4 is 5.91 Å². The third-order valence-electron chi connectivity index (χ3n) is 2.78. The van der Waals surface area contributed by atoms with Crippen molar-refractivity contribution in [2.75, 3.05) is 0 Å². The molecule has 0 bridgehead atoms. The molecule has 0 saturated carbocycles. The predicted octanol–water partition coefficient (Wildman–Crippen LogP) is 1.83. The van der Waals surface area contributed by atoms with Crippen molar-refractivity contribution in [1.82, 2.24) is 15.2 Å². The first-order valence-corrected chi connectivity index (χ1v) is 5.69. The smallest absolute Gasteiger partial charge is 0.370 e. The van der Waals surface area contributed by atoms with Gasteiger partial charge in [0.1, 0.15) is 5.69 Å². The molecule has 2 aromatic heterocycles. The molecule has 3 N–H and O–H groups in total. The van der Waals surface area contributed by atoms with Gasteiger partial charge in [-0.25, -0.2) is 0 Å². The summed E-state index contributed by atoms with van der Waals surface area (Å²) in [5.41, 5.74) is 4.31. The number of carbonyl (C=O) groups is 1. The van der Waals surface area contributed by atoms with Crippen LogP contribution in [0.2, 0.25) is 0 Å². The van der Waals surface area contributed by atoms with Crippen LogP contribution in [0, 0.1) is 0 Å². The summed E-state index contributed by atoms with van der Waals surface area (Å²) in [6, 6.07) is 4.80. The lowest BCUT2D eigenvalue weighted by Gasteiger charge is -2.16. The quantitative estimate of drug-likeness (QED) is 0.898. The molecule has 1 atom stereocenters. The Hall–Kier alpha value is -2.38. The summed E-state index contributed by atoms with van der Waals surface area (Å²) in [6.45, 7) is 0. The molecule has 2 heterocycles. The highest BCUT2D eigenvalue weighted by Crippen LogP contribution is 2.36. The van der Waals surface area contributed by atoms with E-state index in [0.29, 0.717) is 5.69 Å². The van der Waals surface area contributed by atoms with Crippen molar-refractivity contribution in [3.63, 3.8) is 0 Å². The van der Waals surface area contributed by atoms with E-state index in [2.05, 4.69) is 10.1 Å². The Kier molecular flexibility index (Phi) is 3.73. The Labute approximate surface area is 112 Å². The molecule has 0 spiro atoms. The average molecular weight is 284 g/mol. The summed E-state index contributed by atoms with van der Waals surface area (Å²) in [5, 5.41) is 5.33. The van der Waals surface area contributed by atoms with Crippen LogP contribution in [0.15, 0.2) is 30.6 Å². The molecular formula is C12H11F3N4O. The van der Waals surface area contributed by atoms with E-state index < -0.39 is 23.7 Å². The van der Waals surface area contributed by atoms with Crippen molar-refractivity contribution < 1.29 is 18.0 Å². The molecule has 1 unspecified atom stereocenters. The summed E-state index contributed by atoms with van der Waals surface area (Å²) in [4.78, 5) is 15.1. The van der Waals surface area contributed by atoms with Crippen LogP contribution in [0.3, 0.4) is 0 Å². The Bertz CT molecular complexity index is 594. The molecule has 0 fully saturated rings. The SMILES string of the molecule is NC(=O)CC(c1ccccn1)c1cn[nH]c1C(F)(F)F.